The Morgan fingerprint density at radius 3 is 2.41 bits per heavy atom. The van der Waals surface area contributed by atoms with Crippen molar-refractivity contribution >= 4 is 0 Å². The van der Waals surface area contributed by atoms with Gasteiger partial charge in [0.15, 0.2) is 0 Å². The molecule has 0 aromatic carbocycles. The van der Waals surface area contributed by atoms with Crippen molar-refractivity contribution in [2.75, 3.05) is 13.2 Å². The van der Waals surface area contributed by atoms with E-state index in [9.17, 15) is 0 Å². The molecule has 0 amide bonds. The number of hydrogen-bond donors (Lipinski definition) is 1. The first kappa shape index (κ1) is 13.3. The molecule has 2 aliphatic rings. The maximum absolute atomic E-state index is 6.49. The van der Waals surface area contributed by atoms with Gasteiger partial charge in [0.25, 0.3) is 0 Å². The van der Waals surface area contributed by atoms with Crippen LogP contribution in [0.25, 0.3) is 0 Å². The average Bonchev–Trinajstić information content (AvgIpc) is 2.47. The standard InChI is InChI=1S/C14H27NO2/c1-13(2)8-11(14(3,4)17-13)12(15)10-6-5-7-16-9-10/h10-12H,5-9,15H2,1-4H3. The van der Waals surface area contributed by atoms with Gasteiger partial charge in [0.1, 0.15) is 0 Å². The molecule has 17 heavy (non-hydrogen) atoms. The molecule has 2 rings (SSSR count). The summed E-state index contributed by atoms with van der Waals surface area (Å²) in [6, 6.07) is 0.201. The topological polar surface area (TPSA) is 44.5 Å². The van der Waals surface area contributed by atoms with Crippen LogP contribution in [0.3, 0.4) is 0 Å². The van der Waals surface area contributed by atoms with E-state index in [0.29, 0.717) is 11.8 Å². The second kappa shape index (κ2) is 4.52. The molecular formula is C14H27NO2. The zero-order valence-electron chi connectivity index (χ0n) is 11.7. The van der Waals surface area contributed by atoms with Gasteiger partial charge >= 0.3 is 0 Å². The van der Waals surface area contributed by atoms with Crippen LogP contribution in [0.1, 0.15) is 47.0 Å². The van der Waals surface area contributed by atoms with Crippen molar-refractivity contribution in [2.45, 2.75) is 64.2 Å². The van der Waals surface area contributed by atoms with E-state index in [1.807, 2.05) is 0 Å². The van der Waals surface area contributed by atoms with Crippen LogP contribution in [0.2, 0.25) is 0 Å². The molecule has 2 fully saturated rings. The van der Waals surface area contributed by atoms with Gasteiger partial charge in [-0.2, -0.15) is 0 Å². The molecule has 0 aromatic heterocycles. The SMILES string of the molecule is CC1(C)CC(C(N)C2CCCOC2)C(C)(C)O1. The Morgan fingerprint density at radius 2 is 1.94 bits per heavy atom. The smallest absolute Gasteiger partial charge is 0.0677 e. The summed E-state index contributed by atoms with van der Waals surface area (Å²) in [5, 5.41) is 0. The predicted molar refractivity (Wildman–Crippen MR) is 68.9 cm³/mol. The van der Waals surface area contributed by atoms with Gasteiger partial charge in [-0.25, -0.2) is 0 Å². The average molecular weight is 241 g/mol. The molecule has 2 aliphatic heterocycles. The minimum Gasteiger partial charge on any atom is -0.381 e. The Hall–Kier alpha value is -0.120. The van der Waals surface area contributed by atoms with Crippen molar-refractivity contribution in [1.82, 2.24) is 0 Å². The van der Waals surface area contributed by atoms with Crippen molar-refractivity contribution in [1.29, 1.82) is 0 Å². The van der Waals surface area contributed by atoms with E-state index in [0.717, 1.165) is 26.1 Å². The molecule has 0 saturated carbocycles. The second-order valence-electron chi connectivity index (χ2n) is 6.83. The van der Waals surface area contributed by atoms with Gasteiger partial charge in [-0.1, -0.05) is 0 Å². The quantitative estimate of drug-likeness (QED) is 0.807. The van der Waals surface area contributed by atoms with Crippen LogP contribution in [-0.2, 0) is 9.47 Å². The predicted octanol–water partition coefficient (Wildman–Crippen LogP) is 2.33. The number of nitrogens with two attached hydrogens (primary N) is 1. The van der Waals surface area contributed by atoms with Gasteiger partial charge in [-0.3, -0.25) is 0 Å². The van der Waals surface area contributed by atoms with Gasteiger partial charge < -0.3 is 15.2 Å². The van der Waals surface area contributed by atoms with Crippen molar-refractivity contribution in [2.24, 2.45) is 17.6 Å². The molecule has 3 nitrogen and oxygen atoms in total. The van der Waals surface area contributed by atoms with Gasteiger partial charge in [0.05, 0.1) is 17.8 Å². The van der Waals surface area contributed by atoms with Crippen LogP contribution in [-0.4, -0.2) is 30.5 Å². The maximum atomic E-state index is 6.49. The van der Waals surface area contributed by atoms with Crippen LogP contribution < -0.4 is 5.73 Å². The van der Waals surface area contributed by atoms with Gasteiger partial charge in [0.2, 0.25) is 0 Å². The lowest BCUT2D eigenvalue weighted by atomic mass is 9.75. The van der Waals surface area contributed by atoms with Crippen molar-refractivity contribution in [3.8, 4) is 0 Å². The largest absolute Gasteiger partial charge is 0.381 e. The normalized spacial score (nSPS) is 37.9. The van der Waals surface area contributed by atoms with Gasteiger partial charge in [0, 0.05) is 18.6 Å². The molecule has 2 N–H and O–H groups in total. The lowest BCUT2D eigenvalue weighted by Crippen LogP contribution is -2.47. The zero-order valence-corrected chi connectivity index (χ0v) is 11.7. The lowest BCUT2D eigenvalue weighted by molar-refractivity contribution is -0.0807. The van der Waals surface area contributed by atoms with E-state index in [-0.39, 0.29) is 17.2 Å². The third-order valence-corrected chi connectivity index (χ3v) is 4.35. The molecule has 3 atom stereocenters. The van der Waals surface area contributed by atoms with Crippen LogP contribution in [0.4, 0.5) is 0 Å². The first-order valence-corrected chi connectivity index (χ1v) is 6.85. The highest BCUT2D eigenvalue weighted by atomic mass is 16.5. The van der Waals surface area contributed by atoms with Crippen molar-refractivity contribution in [3.05, 3.63) is 0 Å². The van der Waals surface area contributed by atoms with Crippen LogP contribution in [0.5, 0.6) is 0 Å². The Morgan fingerprint density at radius 1 is 1.24 bits per heavy atom. The molecule has 0 spiro atoms. The molecule has 2 saturated heterocycles. The summed E-state index contributed by atoms with van der Waals surface area (Å²) >= 11 is 0. The highest BCUT2D eigenvalue weighted by molar-refractivity contribution is 5.00. The van der Waals surface area contributed by atoms with E-state index in [2.05, 4.69) is 27.7 Å². The molecule has 3 heteroatoms. The zero-order chi connectivity index (χ0) is 12.7. The summed E-state index contributed by atoms with van der Waals surface area (Å²) < 4.78 is 11.7. The van der Waals surface area contributed by atoms with E-state index in [4.69, 9.17) is 15.2 Å². The van der Waals surface area contributed by atoms with Crippen molar-refractivity contribution < 1.29 is 9.47 Å². The minimum atomic E-state index is -0.111. The lowest BCUT2D eigenvalue weighted by Gasteiger charge is -2.36. The number of hydrogen-bond acceptors (Lipinski definition) is 3. The number of rotatable bonds is 2. The molecule has 2 heterocycles. The van der Waals surface area contributed by atoms with Crippen LogP contribution >= 0.6 is 0 Å². The molecule has 0 bridgehead atoms. The second-order valence-corrected chi connectivity index (χ2v) is 6.83. The Balaban J connectivity index is 2.05. The highest BCUT2D eigenvalue weighted by Crippen LogP contribution is 2.45. The van der Waals surface area contributed by atoms with Crippen LogP contribution in [0.15, 0.2) is 0 Å². The Labute approximate surface area is 105 Å². The van der Waals surface area contributed by atoms with Crippen LogP contribution in [0, 0.1) is 11.8 Å². The maximum Gasteiger partial charge on any atom is 0.0677 e. The fourth-order valence-electron chi connectivity index (χ4n) is 3.60. The van der Waals surface area contributed by atoms with E-state index in [1.54, 1.807) is 0 Å². The van der Waals surface area contributed by atoms with Gasteiger partial charge in [-0.15, -0.1) is 0 Å². The summed E-state index contributed by atoms with van der Waals surface area (Å²) in [5.74, 6) is 0.940. The fourth-order valence-corrected chi connectivity index (χ4v) is 3.60. The van der Waals surface area contributed by atoms with E-state index < -0.39 is 0 Å². The third-order valence-electron chi connectivity index (χ3n) is 4.35. The first-order chi connectivity index (χ1) is 7.82. The first-order valence-electron chi connectivity index (χ1n) is 6.85. The molecule has 3 unspecified atom stereocenters. The minimum absolute atomic E-state index is 0.0404. The third kappa shape index (κ3) is 2.83. The molecule has 0 aliphatic carbocycles. The molecule has 0 aromatic rings. The molecule has 0 radical (unpaired) electrons. The summed E-state index contributed by atoms with van der Waals surface area (Å²) in [7, 11) is 0. The fraction of sp³-hybridized carbons (Fsp3) is 1.00. The van der Waals surface area contributed by atoms with E-state index >= 15 is 0 Å². The monoisotopic (exact) mass is 241 g/mol. The highest BCUT2D eigenvalue weighted by Gasteiger charge is 2.49. The summed E-state index contributed by atoms with van der Waals surface area (Å²) in [5.41, 5.74) is 6.34. The van der Waals surface area contributed by atoms with Gasteiger partial charge in [-0.05, 0) is 52.9 Å². The van der Waals surface area contributed by atoms with E-state index in [1.165, 1.54) is 6.42 Å². The number of ether oxygens (including phenoxy) is 2. The Bertz CT molecular complexity index is 269. The molecular weight excluding hydrogens is 214 g/mol. The molecule has 100 valence electrons. The Kier molecular flexibility index (Phi) is 3.54. The summed E-state index contributed by atoms with van der Waals surface area (Å²) in [6.45, 7) is 10.4. The summed E-state index contributed by atoms with van der Waals surface area (Å²) in [4.78, 5) is 0. The van der Waals surface area contributed by atoms with Crippen molar-refractivity contribution in [3.63, 3.8) is 0 Å². The summed E-state index contributed by atoms with van der Waals surface area (Å²) in [6.07, 6.45) is 3.40.